The smallest absolute Gasteiger partial charge is 0.230 e. The third-order valence-corrected chi connectivity index (χ3v) is 7.68. The van der Waals surface area contributed by atoms with Gasteiger partial charge in [-0.2, -0.15) is 5.10 Å². The number of carbonyl (C=O) groups is 1. The number of anilines is 1. The van der Waals surface area contributed by atoms with Crippen molar-refractivity contribution < 1.29 is 4.79 Å². The van der Waals surface area contributed by atoms with Crippen LogP contribution in [0.3, 0.4) is 0 Å². The number of amides is 1. The Balaban J connectivity index is 1.31. The van der Waals surface area contributed by atoms with Crippen LogP contribution in [0.4, 0.5) is 5.82 Å². The Bertz CT molecular complexity index is 1570. The normalized spacial score (nSPS) is 14.7. The fourth-order valence-electron chi connectivity index (χ4n) is 5.60. The van der Waals surface area contributed by atoms with Gasteiger partial charge in [-0.3, -0.25) is 4.79 Å². The lowest BCUT2D eigenvalue weighted by Crippen LogP contribution is -2.38. The molecule has 1 saturated heterocycles. The van der Waals surface area contributed by atoms with E-state index in [1.165, 1.54) is 0 Å². The monoisotopic (exact) mass is 530 g/mol. The van der Waals surface area contributed by atoms with Gasteiger partial charge >= 0.3 is 0 Å². The summed E-state index contributed by atoms with van der Waals surface area (Å²) in [7, 11) is 0. The van der Waals surface area contributed by atoms with Gasteiger partial charge < -0.3 is 9.80 Å². The minimum absolute atomic E-state index is 0.111. The highest BCUT2D eigenvalue weighted by Gasteiger charge is 2.28. The second-order valence-electron chi connectivity index (χ2n) is 10.3. The van der Waals surface area contributed by atoms with Gasteiger partial charge in [0.2, 0.25) is 5.91 Å². The van der Waals surface area contributed by atoms with Gasteiger partial charge in [0.05, 0.1) is 23.2 Å². The molecular formula is C33H34N6O. The van der Waals surface area contributed by atoms with Crippen LogP contribution >= 0.6 is 0 Å². The molecule has 0 unspecified atom stereocenters. The minimum atomic E-state index is -0.111. The van der Waals surface area contributed by atoms with Crippen LogP contribution in [0.15, 0.2) is 97.2 Å². The number of aromatic nitrogens is 4. The van der Waals surface area contributed by atoms with E-state index in [0.717, 1.165) is 65.4 Å². The number of fused-ring (bicyclic) bond motifs is 1. The Kier molecular flexibility index (Phi) is 7.53. The van der Waals surface area contributed by atoms with Gasteiger partial charge in [0.1, 0.15) is 11.6 Å². The Morgan fingerprint density at radius 1 is 0.825 bits per heavy atom. The molecule has 5 aromatic rings. The van der Waals surface area contributed by atoms with Gasteiger partial charge in [-0.25, -0.2) is 14.6 Å². The van der Waals surface area contributed by atoms with E-state index >= 15 is 0 Å². The largest absolute Gasteiger partial charge is 0.354 e. The van der Waals surface area contributed by atoms with Crippen molar-refractivity contribution in [3.05, 3.63) is 114 Å². The SMILES string of the molecule is CC[C@@H](C(=O)N1CCCN(c2nc(Cc3ccccc3)nc3c2cnn3-c2ccccc2)CC1)c1ccccc1. The van der Waals surface area contributed by atoms with E-state index in [1.807, 2.05) is 82.5 Å². The quantitative estimate of drug-likeness (QED) is 0.273. The molecule has 202 valence electrons. The summed E-state index contributed by atoms with van der Waals surface area (Å²) in [6, 6.07) is 30.6. The van der Waals surface area contributed by atoms with Crippen LogP contribution in [-0.2, 0) is 11.2 Å². The summed E-state index contributed by atoms with van der Waals surface area (Å²) in [5.41, 5.74) is 4.02. The third kappa shape index (κ3) is 5.32. The molecular weight excluding hydrogens is 496 g/mol. The molecule has 1 amide bonds. The van der Waals surface area contributed by atoms with E-state index in [9.17, 15) is 4.79 Å². The molecule has 0 aliphatic carbocycles. The number of benzene rings is 3. The van der Waals surface area contributed by atoms with Gasteiger partial charge in [0, 0.05) is 32.6 Å². The summed E-state index contributed by atoms with van der Waals surface area (Å²) in [4.78, 5) is 28.1. The van der Waals surface area contributed by atoms with Crippen LogP contribution in [0, 0.1) is 0 Å². The second-order valence-corrected chi connectivity index (χ2v) is 10.3. The lowest BCUT2D eigenvalue weighted by atomic mass is 9.95. The molecule has 1 aliphatic heterocycles. The first-order chi connectivity index (χ1) is 19.7. The first-order valence-corrected chi connectivity index (χ1v) is 14.1. The molecule has 0 bridgehead atoms. The molecule has 1 aliphatic rings. The van der Waals surface area contributed by atoms with E-state index in [-0.39, 0.29) is 11.8 Å². The molecule has 1 atom stereocenters. The fourth-order valence-corrected chi connectivity index (χ4v) is 5.60. The predicted octanol–water partition coefficient (Wildman–Crippen LogP) is 5.64. The Labute approximate surface area is 235 Å². The van der Waals surface area contributed by atoms with Crippen LogP contribution in [-0.4, -0.2) is 56.7 Å². The molecule has 3 heterocycles. The maximum absolute atomic E-state index is 13.6. The zero-order valence-corrected chi connectivity index (χ0v) is 22.9. The van der Waals surface area contributed by atoms with E-state index in [4.69, 9.17) is 15.1 Å². The molecule has 0 radical (unpaired) electrons. The summed E-state index contributed by atoms with van der Waals surface area (Å²) >= 11 is 0. The van der Waals surface area contributed by atoms with Crippen molar-refractivity contribution in [2.75, 3.05) is 31.1 Å². The molecule has 0 saturated carbocycles. The summed E-state index contributed by atoms with van der Waals surface area (Å²) in [5, 5.41) is 5.65. The van der Waals surface area contributed by atoms with Gasteiger partial charge in [0.15, 0.2) is 5.65 Å². The molecule has 6 rings (SSSR count). The summed E-state index contributed by atoms with van der Waals surface area (Å²) in [6.07, 6.45) is 4.18. The van der Waals surface area contributed by atoms with Crippen LogP contribution in [0.2, 0.25) is 0 Å². The van der Waals surface area contributed by atoms with E-state index < -0.39 is 0 Å². The molecule has 1 fully saturated rings. The highest BCUT2D eigenvalue weighted by atomic mass is 16.2. The fraction of sp³-hybridized carbons (Fsp3) is 0.273. The maximum Gasteiger partial charge on any atom is 0.230 e. The zero-order chi connectivity index (χ0) is 27.3. The highest BCUT2D eigenvalue weighted by Crippen LogP contribution is 2.28. The summed E-state index contributed by atoms with van der Waals surface area (Å²) in [6.45, 7) is 5.03. The van der Waals surface area contributed by atoms with Crippen molar-refractivity contribution in [1.82, 2.24) is 24.6 Å². The van der Waals surface area contributed by atoms with Crippen LogP contribution < -0.4 is 4.90 Å². The van der Waals surface area contributed by atoms with Gasteiger partial charge in [0.25, 0.3) is 0 Å². The maximum atomic E-state index is 13.6. The topological polar surface area (TPSA) is 67.2 Å². The Morgan fingerprint density at radius 3 is 2.25 bits per heavy atom. The molecule has 2 aromatic heterocycles. The number of nitrogens with zero attached hydrogens (tertiary/aromatic N) is 6. The van der Waals surface area contributed by atoms with Crippen molar-refractivity contribution in [2.45, 2.75) is 32.1 Å². The lowest BCUT2D eigenvalue weighted by Gasteiger charge is -2.26. The standard InChI is InChI=1S/C33H34N6O/c1-2-28(26-15-8-4-9-16-26)33(40)38-20-12-19-37(21-22-38)31-29-24-34-39(27-17-10-5-11-18-27)32(29)36-30(35-31)23-25-13-6-3-7-14-25/h3-11,13-18,24,28H,2,12,19-23H2,1H3/t28-/m1/s1. The van der Waals surface area contributed by atoms with Gasteiger partial charge in [-0.05, 0) is 36.1 Å². The lowest BCUT2D eigenvalue weighted by molar-refractivity contribution is -0.132. The van der Waals surface area contributed by atoms with Crippen molar-refractivity contribution >= 4 is 22.8 Å². The van der Waals surface area contributed by atoms with E-state index in [0.29, 0.717) is 19.5 Å². The van der Waals surface area contributed by atoms with Crippen molar-refractivity contribution in [3.8, 4) is 5.69 Å². The molecule has 40 heavy (non-hydrogen) atoms. The first-order valence-electron chi connectivity index (χ1n) is 14.1. The van der Waals surface area contributed by atoms with Gasteiger partial charge in [-0.1, -0.05) is 85.8 Å². The predicted molar refractivity (Wildman–Crippen MR) is 159 cm³/mol. The molecule has 0 N–H and O–H groups in total. The van der Waals surface area contributed by atoms with Gasteiger partial charge in [-0.15, -0.1) is 0 Å². The average molecular weight is 531 g/mol. The number of rotatable bonds is 7. The summed E-state index contributed by atoms with van der Waals surface area (Å²) < 4.78 is 1.90. The number of para-hydroxylation sites is 1. The minimum Gasteiger partial charge on any atom is -0.354 e. The molecule has 7 nitrogen and oxygen atoms in total. The molecule has 3 aromatic carbocycles. The number of hydrogen-bond donors (Lipinski definition) is 0. The number of hydrogen-bond acceptors (Lipinski definition) is 5. The van der Waals surface area contributed by atoms with E-state index in [2.05, 4.69) is 36.1 Å². The van der Waals surface area contributed by atoms with Crippen molar-refractivity contribution in [1.29, 1.82) is 0 Å². The highest BCUT2D eigenvalue weighted by molar-refractivity contribution is 5.88. The van der Waals surface area contributed by atoms with Crippen molar-refractivity contribution in [2.24, 2.45) is 0 Å². The molecule has 0 spiro atoms. The second kappa shape index (κ2) is 11.7. The average Bonchev–Trinajstić information content (AvgIpc) is 3.27. The molecule has 7 heteroatoms. The Morgan fingerprint density at radius 2 is 1.52 bits per heavy atom. The number of carbonyl (C=O) groups excluding carboxylic acids is 1. The third-order valence-electron chi connectivity index (χ3n) is 7.68. The first kappa shape index (κ1) is 25.7. The summed E-state index contributed by atoms with van der Waals surface area (Å²) in [5.74, 6) is 1.76. The van der Waals surface area contributed by atoms with Crippen molar-refractivity contribution in [3.63, 3.8) is 0 Å². The van der Waals surface area contributed by atoms with Crippen LogP contribution in [0.25, 0.3) is 16.7 Å². The van der Waals surface area contributed by atoms with Crippen LogP contribution in [0.5, 0.6) is 0 Å². The van der Waals surface area contributed by atoms with E-state index in [1.54, 1.807) is 0 Å². The Hall–Kier alpha value is -4.52. The zero-order valence-electron chi connectivity index (χ0n) is 22.9. The van der Waals surface area contributed by atoms with Crippen LogP contribution in [0.1, 0.15) is 42.6 Å².